The molecule has 0 radical (unpaired) electrons. The first-order chi connectivity index (χ1) is 9.29. The molecule has 3 rings (SSSR count). The van der Waals surface area contributed by atoms with E-state index >= 15 is 0 Å². The molecule has 0 aliphatic carbocycles. The molecule has 1 aromatic heterocycles. The molecule has 0 spiro atoms. The van der Waals surface area contributed by atoms with Crippen molar-refractivity contribution in [3.63, 3.8) is 0 Å². The molecular formula is C15H18BrN3. The van der Waals surface area contributed by atoms with Crippen LogP contribution in [-0.4, -0.2) is 16.6 Å². The molecule has 1 aromatic carbocycles. The highest BCUT2D eigenvalue weighted by atomic mass is 79.9. The van der Waals surface area contributed by atoms with Crippen LogP contribution in [0.15, 0.2) is 28.7 Å². The van der Waals surface area contributed by atoms with Crippen LogP contribution in [0.25, 0.3) is 11.3 Å². The van der Waals surface area contributed by atoms with E-state index in [1.165, 1.54) is 24.1 Å². The molecule has 0 fully saturated rings. The minimum absolute atomic E-state index is 0.834. The lowest BCUT2D eigenvalue weighted by atomic mass is 10.0. The smallest absolute Gasteiger partial charge is 0.123 e. The fourth-order valence-corrected chi connectivity index (χ4v) is 3.18. The number of nitrogens with zero attached hydrogens (tertiary/aromatic N) is 2. The predicted molar refractivity (Wildman–Crippen MR) is 81.1 cm³/mol. The van der Waals surface area contributed by atoms with E-state index in [9.17, 15) is 0 Å². The van der Waals surface area contributed by atoms with Gasteiger partial charge >= 0.3 is 0 Å². The summed E-state index contributed by atoms with van der Waals surface area (Å²) < 4.78 is 3.51. The minimum Gasteiger partial charge on any atom is -0.330 e. The first-order valence-electron chi connectivity index (χ1n) is 6.78. The van der Waals surface area contributed by atoms with E-state index in [4.69, 9.17) is 4.98 Å². The van der Waals surface area contributed by atoms with Crippen LogP contribution < -0.4 is 5.32 Å². The van der Waals surface area contributed by atoms with Crippen LogP contribution in [0, 0.1) is 0 Å². The quantitative estimate of drug-likeness (QED) is 0.940. The van der Waals surface area contributed by atoms with E-state index in [-0.39, 0.29) is 0 Å². The Morgan fingerprint density at radius 2 is 2.26 bits per heavy atom. The van der Waals surface area contributed by atoms with Crippen LogP contribution in [-0.2, 0) is 19.5 Å². The molecule has 0 saturated carbocycles. The van der Waals surface area contributed by atoms with Gasteiger partial charge in [0.15, 0.2) is 0 Å². The zero-order chi connectivity index (χ0) is 13.2. The monoisotopic (exact) mass is 319 g/mol. The summed E-state index contributed by atoms with van der Waals surface area (Å²) in [5.74, 6) is 1.16. The standard InChI is InChI=1S/C15H18BrN3/c1-17-10-14-18-15(11-5-4-6-12(16)9-11)13-7-2-3-8-19(13)14/h4-6,9,17H,2-3,7-8,10H2,1H3. The summed E-state index contributed by atoms with van der Waals surface area (Å²) in [5.41, 5.74) is 3.77. The van der Waals surface area contributed by atoms with Gasteiger partial charge in [-0.2, -0.15) is 0 Å². The molecule has 19 heavy (non-hydrogen) atoms. The molecule has 1 aliphatic heterocycles. The van der Waals surface area contributed by atoms with Crippen LogP contribution in [0.5, 0.6) is 0 Å². The molecule has 0 atom stereocenters. The van der Waals surface area contributed by atoms with Crippen molar-refractivity contribution in [1.82, 2.24) is 14.9 Å². The second-order valence-corrected chi connectivity index (χ2v) is 5.89. The van der Waals surface area contributed by atoms with E-state index < -0.39 is 0 Å². The summed E-state index contributed by atoms with van der Waals surface area (Å²) in [6.45, 7) is 1.94. The molecule has 2 heterocycles. The maximum Gasteiger partial charge on any atom is 0.123 e. The topological polar surface area (TPSA) is 29.9 Å². The van der Waals surface area contributed by atoms with Crippen LogP contribution in [0.4, 0.5) is 0 Å². The molecule has 1 N–H and O–H groups in total. The Balaban J connectivity index is 2.10. The number of fused-ring (bicyclic) bond motifs is 1. The lowest BCUT2D eigenvalue weighted by Crippen LogP contribution is -2.16. The molecule has 4 heteroatoms. The Bertz CT molecular complexity index is 589. The molecule has 0 saturated heterocycles. The van der Waals surface area contributed by atoms with Gasteiger partial charge in [0.1, 0.15) is 5.82 Å². The van der Waals surface area contributed by atoms with Crippen molar-refractivity contribution < 1.29 is 0 Å². The van der Waals surface area contributed by atoms with Crippen molar-refractivity contribution in [3.8, 4) is 11.3 Å². The molecule has 0 bridgehead atoms. The summed E-state index contributed by atoms with van der Waals surface area (Å²) in [6.07, 6.45) is 3.67. The van der Waals surface area contributed by atoms with Gasteiger partial charge in [-0.05, 0) is 38.4 Å². The first kappa shape index (κ1) is 12.9. The first-order valence-corrected chi connectivity index (χ1v) is 7.57. The molecule has 0 unspecified atom stereocenters. The Morgan fingerprint density at radius 1 is 1.37 bits per heavy atom. The van der Waals surface area contributed by atoms with E-state index in [1.54, 1.807) is 0 Å². The summed E-state index contributed by atoms with van der Waals surface area (Å²) in [6, 6.07) is 8.43. The fourth-order valence-electron chi connectivity index (χ4n) is 2.78. The van der Waals surface area contributed by atoms with Crippen molar-refractivity contribution in [2.24, 2.45) is 0 Å². The second-order valence-electron chi connectivity index (χ2n) is 4.97. The van der Waals surface area contributed by atoms with Crippen molar-refractivity contribution in [2.45, 2.75) is 32.4 Å². The van der Waals surface area contributed by atoms with Gasteiger partial charge in [0, 0.05) is 22.3 Å². The van der Waals surface area contributed by atoms with Crippen LogP contribution in [0.2, 0.25) is 0 Å². The Hall–Kier alpha value is -1.13. The normalized spacial score (nSPS) is 14.4. The Kier molecular flexibility index (Phi) is 3.71. The van der Waals surface area contributed by atoms with Gasteiger partial charge in [-0.15, -0.1) is 0 Å². The highest BCUT2D eigenvalue weighted by Crippen LogP contribution is 2.30. The third kappa shape index (κ3) is 2.47. The van der Waals surface area contributed by atoms with Crippen LogP contribution >= 0.6 is 15.9 Å². The van der Waals surface area contributed by atoms with Gasteiger partial charge in [0.2, 0.25) is 0 Å². The zero-order valence-electron chi connectivity index (χ0n) is 11.1. The summed E-state index contributed by atoms with van der Waals surface area (Å²) in [4.78, 5) is 4.87. The van der Waals surface area contributed by atoms with Gasteiger partial charge < -0.3 is 9.88 Å². The molecule has 3 nitrogen and oxygen atoms in total. The van der Waals surface area contributed by atoms with Crippen LogP contribution in [0.3, 0.4) is 0 Å². The predicted octanol–water partition coefficient (Wildman–Crippen LogP) is 3.37. The summed E-state index contributed by atoms with van der Waals surface area (Å²) in [5, 5.41) is 3.22. The average Bonchev–Trinajstić information content (AvgIpc) is 2.79. The Morgan fingerprint density at radius 3 is 3.05 bits per heavy atom. The second kappa shape index (κ2) is 5.47. The highest BCUT2D eigenvalue weighted by Gasteiger charge is 2.20. The van der Waals surface area contributed by atoms with E-state index in [0.717, 1.165) is 35.5 Å². The molecule has 2 aromatic rings. The molecule has 0 amide bonds. The van der Waals surface area contributed by atoms with Crippen molar-refractivity contribution >= 4 is 15.9 Å². The molecular weight excluding hydrogens is 302 g/mol. The number of imidazole rings is 1. The van der Waals surface area contributed by atoms with E-state index in [1.807, 2.05) is 7.05 Å². The number of nitrogens with one attached hydrogen (secondary N) is 1. The van der Waals surface area contributed by atoms with Crippen molar-refractivity contribution in [1.29, 1.82) is 0 Å². The van der Waals surface area contributed by atoms with E-state index in [0.29, 0.717) is 0 Å². The number of aromatic nitrogens is 2. The Labute approximate surface area is 122 Å². The van der Waals surface area contributed by atoms with Crippen molar-refractivity contribution in [2.75, 3.05) is 7.05 Å². The van der Waals surface area contributed by atoms with Gasteiger partial charge in [-0.25, -0.2) is 4.98 Å². The minimum atomic E-state index is 0.834. The fraction of sp³-hybridized carbons (Fsp3) is 0.400. The van der Waals surface area contributed by atoms with Crippen LogP contribution in [0.1, 0.15) is 24.4 Å². The van der Waals surface area contributed by atoms with E-state index in [2.05, 4.69) is 50.1 Å². The maximum absolute atomic E-state index is 4.87. The number of benzene rings is 1. The number of hydrogen-bond acceptors (Lipinski definition) is 2. The summed E-state index contributed by atoms with van der Waals surface area (Å²) >= 11 is 3.55. The average molecular weight is 320 g/mol. The zero-order valence-corrected chi connectivity index (χ0v) is 12.7. The third-order valence-electron chi connectivity index (χ3n) is 3.63. The largest absolute Gasteiger partial charge is 0.330 e. The maximum atomic E-state index is 4.87. The molecule has 1 aliphatic rings. The lowest BCUT2D eigenvalue weighted by molar-refractivity contribution is 0.508. The summed E-state index contributed by atoms with van der Waals surface area (Å²) in [7, 11) is 1.98. The number of halogens is 1. The highest BCUT2D eigenvalue weighted by molar-refractivity contribution is 9.10. The van der Waals surface area contributed by atoms with Gasteiger partial charge in [0.05, 0.1) is 12.2 Å². The lowest BCUT2D eigenvalue weighted by Gasteiger charge is -2.17. The van der Waals surface area contributed by atoms with Gasteiger partial charge in [-0.1, -0.05) is 28.1 Å². The molecule has 100 valence electrons. The third-order valence-corrected chi connectivity index (χ3v) is 4.12. The van der Waals surface area contributed by atoms with Crippen molar-refractivity contribution in [3.05, 3.63) is 40.3 Å². The van der Waals surface area contributed by atoms with Gasteiger partial charge in [0.25, 0.3) is 0 Å². The van der Waals surface area contributed by atoms with Gasteiger partial charge in [-0.3, -0.25) is 0 Å². The number of hydrogen-bond donors (Lipinski definition) is 1. The SMILES string of the molecule is CNCc1nc(-c2cccc(Br)c2)c2n1CCCC2. The number of rotatable bonds is 3.